The van der Waals surface area contributed by atoms with Crippen molar-refractivity contribution in [2.24, 2.45) is 5.92 Å². The topological polar surface area (TPSA) is 21.3 Å². The first-order valence-corrected chi connectivity index (χ1v) is 6.59. The monoisotopic (exact) mass is 253 g/mol. The molecule has 0 saturated heterocycles. The highest BCUT2D eigenvalue weighted by Crippen LogP contribution is 2.22. The molecule has 0 amide bonds. The van der Waals surface area contributed by atoms with Crippen LogP contribution in [0.25, 0.3) is 0 Å². The van der Waals surface area contributed by atoms with Crippen LogP contribution >= 0.6 is 0 Å². The molecule has 1 N–H and O–H groups in total. The lowest BCUT2D eigenvalue weighted by Crippen LogP contribution is -2.34. The van der Waals surface area contributed by atoms with E-state index in [-0.39, 0.29) is 11.9 Å². The number of nitrogens with one attached hydrogen (secondary N) is 1. The Morgan fingerprint density at radius 2 is 1.94 bits per heavy atom. The van der Waals surface area contributed by atoms with E-state index in [1.807, 2.05) is 6.07 Å². The summed E-state index contributed by atoms with van der Waals surface area (Å²) in [5, 5.41) is 3.50. The van der Waals surface area contributed by atoms with Gasteiger partial charge in [-0.15, -0.1) is 0 Å². The van der Waals surface area contributed by atoms with E-state index in [9.17, 15) is 4.39 Å². The molecule has 2 nitrogen and oxygen atoms in total. The van der Waals surface area contributed by atoms with Crippen molar-refractivity contribution < 1.29 is 9.13 Å². The molecule has 3 heteroatoms. The summed E-state index contributed by atoms with van der Waals surface area (Å²) in [6.45, 7) is 8.63. The average molecular weight is 253 g/mol. The molecule has 0 saturated carbocycles. The highest BCUT2D eigenvalue weighted by atomic mass is 19.1. The molecule has 18 heavy (non-hydrogen) atoms. The zero-order valence-corrected chi connectivity index (χ0v) is 12.0. The van der Waals surface area contributed by atoms with E-state index in [2.05, 4.69) is 33.0 Å². The van der Waals surface area contributed by atoms with Gasteiger partial charge in [0.1, 0.15) is 0 Å². The van der Waals surface area contributed by atoms with Gasteiger partial charge in [-0.3, -0.25) is 0 Å². The second kappa shape index (κ2) is 6.74. The Hall–Kier alpha value is -1.09. The van der Waals surface area contributed by atoms with Gasteiger partial charge in [0.15, 0.2) is 11.6 Å². The van der Waals surface area contributed by atoms with Crippen molar-refractivity contribution in [1.29, 1.82) is 0 Å². The fraction of sp³-hybridized carbons (Fsp3) is 0.600. The van der Waals surface area contributed by atoms with Gasteiger partial charge in [-0.2, -0.15) is 0 Å². The number of ether oxygens (including phenoxy) is 1. The third-order valence-electron chi connectivity index (χ3n) is 3.69. The molecule has 1 aromatic carbocycles. The summed E-state index contributed by atoms with van der Waals surface area (Å²) in [6.07, 6.45) is 1.14. The van der Waals surface area contributed by atoms with Gasteiger partial charge in [0.05, 0.1) is 7.11 Å². The molecule has 102 valence electrons. The van der Waals surface area contributed by atoms with Crippen molar-refractivity contribution in [3.63, 3.8) is 0 Å². The molecular formula is C15H24FNO. The molecule has 0 aliphatic heterocycles. The number of halogens is 1. The van der Waals surface area contributed by atoms with Crippen LogP contribution in [0, 0.1) is 11.7 Å². The largest absolute Gasteiger partial charge is 0.494 e. The molecule has 0 spiro atoms. The zero-order valence-electron chi connectivity index (χ0n) is 12.0. The predicted octanol–water partition coefficient (Wildman–Crippen LogP) is 3.92. The maximum Gasteiger partial charge on any atom is 0.165 e. The van der Waals surface area contributed by atoms with E-state index in [0.29, 0.717) is 17.7 Å². The molecule has 0 aromatic heterocycles. The molecule has 1 aromatic rings. The third-order valence-corrected chi connectivity index (χ3v) is 3.69. The minimum absolute atomic E-state index is 0.134. The van der Waals surface area contributed by atoms with E-state index in [4.69, 9.17) is 4.74 Å². The Morgan fingerprint density at radius 3 is 2.44 bits per heavy atom. The summed E-state index contributed by atoms with van der Waals surface area (Å²) in [4.78, 5) is 0. The SMILES string of the molecule is CCC(C)C(C)NC(C)c1ccc(OC)c(F)c1. The summed E-state index contributed by atoms with van der Waals surface area (Å²) in [5.74, 6) is 0.594. The molecule has 0 radical (unpaired) electrons. The Morgan fingerprint density at radius 1 is 1.28 bits per heavy atom. The lowest BCUT2D eigenvalue weighted by Gasteiger charge is -2.25. The quantitative estimate of drug-likeness (QED) is 0.829. The molecular weight excluding hydrogens is 229 g/mol. The summed E-state index contributed by atoms with van der Waals surface area (Å²) in [7, 11) is 1.48. The van der Waals surface area contributed by atoms with Crippen LogP contribution < -0.4 is 10.1 Å². The minimum Gasteiger partial charge on any atom is -0.494 e. The van der Waals surface area contributed by atoms with E-state index in [1.54, 1.807) is 12.1 Å². The third kappa shape index (κ3) is 3.70. The summed E-state index contributed by atoms with van der Waals surface area (Å²) < 4.78 is 18.5. The van der Waals surface area contributed by atoms with Crippen molar-refractivity contribution in [2.75, 3.05) is 7.11 Å². The number of methoxy groups -OCH3 is 1. The number of benzene rings is 1. The van der Waals surface area contributed by atoms with E-state index in [1.165, 1.54) is 7.11 Å². The number of rotatable bonds is 6. The lowest BCUT2D eigenvalue weighted by molar-refractivity contribution is 0.358. The first kappa shape index (κ1) is 15.0. The van der Waals surface area contributed by atoms with Crippen molar-refractivity contribution in [3.8, 4) is 5.75 Å². The zero-order chi connectivity index (χ0) is 13.7. The first-order chi connectivity index (χ1) is 8.49. The van der Waals surface area contributed by atoms with E-state index < -0.39 is 0 Å². The van der Waals surface area contributed by atoms with Crippen molar-refractivity contribution in [2.45, 2.75) is 46.2 Å². The number of hydrogen-bond acceptors (Lipinski definition) is 2. The fourth-order valence-corrected chi connectivity index (χ4v) is 1.96. The van der Waals surface area contributed by atoms with Crippen LogP contribution in [0.15, 0.2) is 18.2 Å². The van der Waals surface area contributed by atoms with Crippen LogP contribution in [0.1, 0.15) is 45.7 Å². The minimum atomic E-state index is -0.306. The Bertz CT molecular complexity index is 381. The van der Waals surface area contributed by atoms with Crippen LogP contribution in [0.2, 0.25) is 0 Å². The van der Waals surface area contributed by atoms with Gasteiger partial charge in [-0.05, 0) is 37.5 Å². The lowest BCUT2D eigenvalue weighted by atomic mass is 9.98. The van der Waals surface area contributed by atoms with Crippen molar-refractivity contribution >= 4 is 0 Å². The fourth-order valence-electron chi connectivity index (χ4n) is 1.96. The highest BCUT2D eigenvalue weighted by molar-refractivity contribution is 5.30. The Labute approximate surface area is 110 Å². The van der Waals surface area contributed by atoms with Crippen LogP contribution in [-0.4, -0.2) is 13.2 Å². The molecule has 0 aliphatic rings. The van der Waals surface area contributed by atoms with Gasteiger partial charge in [-0.1, -0.05) is 26.3 Å². The second-order valence-electron chi connectivity index (χ2n) is 4.96. The summed E-state index contributed by atoms with van der Waals surface area (Å²) >= 11 is 0. The summed E-state index contributed by atoms with van der Waals surface area (Å²) in [5.41, 5.74) is 0.948. The predicted molar refractivity (Wildman–Crippen MR) is 73.4 cm³/mol. The number of hydrogen-bond donors (Lipinski definition) is 1. The van der Waals surface area contributed by atoms with Gasteiger partial charge in [0, 0.05) is 12.1 Å². The van der Waals surface area contributed by atoms with E-state index in [0.717, 1.165) is 12.0 Å². The van der Waals surface area contributed by atoms with Crippen LogP contribution in [0.4, 0.5) is 4.39 Å². The molecule has 0 bridgehead atoms. The van der Waals surface area contributed by atoms with Gasteiger partial charge >= 0.3 is 0 Å². The van der Waals surface area contributed by atoms with Crippen molar-refractivity contribution in [3.05, 3.63) is 29.6 Å². The van der Waals surface area contributed by atoms with Gasteiger partial charge in [-0.25, -0.2) is 4.39 Å². The second-order valence-corrected chi connectivity index (χ2v) is 4.96. The van der Waals surface area contributed by atoms with Gasteiger partial charge in [0.25, 0.3) is 0 Å². The standard InChI is InChI=1S/C15H24FNO/c1-6-10(2)11(3)17-12(4)13-7-8-15(18-5)14(16)9-13/h7-12,17H,6H2,1-5H3. The average Bonchev–Trinajstić information content (AvgIpc) is 2.37. The molecule has 1 rings (SSSR count). The van der Waals surface area contributed by atoms with E-state index >= 15 is 0 Å². The van der Waals surface area contributed by atoms with Crippen LogP contribution in [-0.2, 0) is 0 Å². The van der Waals surface area contributed by atoms with Crippen LogP contribution in [0.5, 0.6) is 5.75 Å². The maximum atomic E-state index is 13.6. The van der Waals surface area contributed by atoms with Crippen LogP contribution in [0.3, 0.4) is 0 Å². The highest BCUT2D eigenvalue weighted by Gasteiger charge is 2.15. The normalized spacial score (nSPS) is 16.1. The molecule has 3 unspecified atom stereocenters. The molecule has 3 atom stereocenters. The molecule has 0 fully saturated rings. The Balaban J connectivity index is 2.72. The smallest absolute Gasteiger partial charge is 0.165 e. The Kier molecular flexibility index (Phi) is 5.60. The maximum absolute atomic E-state index is 13.6. The van der Waals surface area contributed by atoms with Crippen molar-refractivity contribution in [1.82, 2.24) is 5.32 Å². The molecule has 0 heterocycles. The van der Waals surface area contributed by atoms with Gasteiger partial charge in [0.2, 0.25) is 0 Å². The first-order valence-electron chi connectivity index (χ1n) is 6.59. The van der Waals surface area contributed by atoms with Gasteiger partial charge < -0.3 is 10.1 Å². The molecule has 0 aliphatic carbocycles. The summed E-state index contributed by atoms with van der Waals surface area (Å²) in [6, 6.07) is 5.67.